The molecule has 0 aliphatic carbocycles. The first-order valence-corrected chi connectivity index (χ1v) is 6.90. The van der Waals surface area contributed by atoms with Crippen LogP contribution in [0.15, 0.2) is 18.2 Å². The molecule has 1 fully saturated rings. The van der Waals surface area contributed by atoms with E-state index in [9.17, 15) is 0 Å². The maximum Gasteiger partial charge on any atom is 0.165 e. The molecule has 1 aromatic rings. The zero-order valence-electron chi connectivity index (χ0n) is 11.8. The lowest BCUT2D eigenvalue weighted by atomic mass is 10.1. The van der Waals surface area contributed by atoms with Crippen molar-refractivity contribution in [1.29, 1.82) is 0 Å². The van der Waals surface area contributed by atoms with Crippen LogP contribution >= 0.6 is 0 Å². The van der Waals surface area contributed by atoms with Crippen molar-refractivity contribution >= 4 is 0 Å². The Kier molecular flexibility index (Phi) is 5.48. The fourth-order valence-electron chi connectivity index (χ4n) is 2.33. The van der Waals surface area contributed by atoms with Crippen molar-refractivity contribution in [3.05, 3.63) is 23.8 Å². The molecule has 0 amide bonds. The van der Waals surface area contributed by atoms with Gasteiger partial charge >= 0.3 is 0 Å². The highest BCUT2D eigenvalue weighted by Crippen LogP contribution is 2.31. The third-order valence-corrected chi connectivity index (χ3v) is 3.34. The fourth-order valence-corrected chi connectivity index (χ4v) is 2.33. The first-order chi connectivity index (χ1) is 9.35. The van der Waals surface area contributed by atoms with Crippen LogP contribution < -0.4 is 14.8 Å². The van der Waals surface area contributed by atoms with E-state index in [4.69, 9.17) is 14.2 Å². The Balaban J connectivity index is 2.03. The highest BCUT2D eigenvalue weighted by atomic mass is 16.5. The summed E-state index contributed by atoms with van der Waals surface area (Å²) in [5.74, 6) is 1.61. The molecule has 0 saturated carbocycles. The molecule has 0 spiro atoms. The molecule has 1 atom stereocenters. The lowest BCUT2D eigenvalue weighted by molar-refractivity contribution is -0.0116. The van der Waals surface area contributed by atoms with E-state index in [-0.39, 0.29) is 6.10 Å². The molecule has 1 N–H and O–H groups in total. The normalized spacial score (nSPS) is 19.2. The number of rotatable bonds is 6. The van der Waals surface area contributed by atoms with Gasteiger partial charge in [-0.05, 0) is 32.4 Å². The van der Waals surface area contributed by atoms with Crippen LogP contribution in [0.25, 0.3) is 0 Å². The summed E-state index contributed by atoms with van der Waals surface area (Å²) in [7, 11) is 3.59. The monoisotopic (exact) mass is 265 g/mol. The van der Waals surface area contributed by atoms with E-state index in [2.05, 4.69) is 11.4 Å². The molecule has 1 aliphatic rings. The standard InChI is InChI=1S/C15H23NO3/c1-16-10-12-6-5-8-14(17-2)15(12)19-11-13-7-3-4-9-18-13/h5-6,8,13,16H,3-4,7,9-11H2,1-2H3. The summed E-state index contributed by atoms with van der Waals surface area (Å²) in [6.45, 7) is 2.21. The molecule has 1 saturated heterocycles. The van der Waals surface area contributed by atoms with E-state index >= 15 is 0 Å². The average molecular weight is 265 g/mol. The van der Waals surface area contributed by atoms with Gasteiger partial charge in [-0.25, -0.2) is 0 Å². The fraction of sp³-hybridized carbons (Fsp3) is 0.600. The van der Waals surface area contributed by atoms with Gasteiger partial charge < -0.3 is 19.5 Å². The predicted octanol–water partition coefficient (Wildman–Crippen LogP) is 2.36. The van der Waals surface area contributed by atoms with Crippen molar-refractivity contribution in [2.24, 2.45) is 0 Å². The van der Waals surface area contributed by atoms with Gasteiger partial charge in [-0.2, -0.15) is 0 Å². The van der Waals surface area contributed by atoms with Crippen molar-refractivity contribution in [3.8, 4) is 11.5 Å². The molecule has 19 heavy (non-hydrogen) atoms. The molecule has 1 aliphatic heterocycles. The number of benzene rings is 1. The molecule has 0 bridgehead atoms. The topological polar surface area (TPSA) is 39.7 Å². The molecule has 0 radical (unpaired) electrons. The Hall–Kier alpha value is -1.26. The molecule has 4 nitrogen and oxygen atoms in total. The van der Waals surface area contributed by atoms with Crippen molar-refractivity contribution in [1.82, 2.24) is 5.32 Å². The average Bonchev–Trinajstić information content (AvgIpc) is 2.47. The molecule has 1 aromatic carbocycles. The highest BCUT2D eigenvalue weighted by molar-refractivity contribution is 5.46. The lowest BCUT2D eigenvalue weighted by Gasteiger charge is -2.24. The van der Waals surface area contributed by atoms with E-state index < -0.39 is 0 Å². The van der Waals surface area contributed by atoms with Crippen LogP contribution in [0.1, 0.15) is 24.8 Å². The second kappa shape index (κ2) is 7.36. The van der Waals surface area contributed by atoms with Gasteiger partial charge in [-0.3, -0.25) is 0 Å². The van der Waals surface area contributed by atoms with Crippen molar-refractivity contribution < 1.29 is 14.2 Å². The first-order valence-electron chi connectivity index (χ1n) is 6.90. The maximum absolute atomic E-state index is 5.96. The van der Waals surface area contributed by atoms with Gasteiger partial charge in [0.1, 0.15) is 6.61 Å². The third kappa shape index (κ3) is 3.85. The maximum atomic E-state index is 5.96. The summed E-state index contributed by atoms with van der Waals surface area (Å²) < 4.78 is 17.0. The van der Waals surface area contributed by atoms with Crippen LogP contribution in [0.3, 0.4) is 0 Å². The zero-order valence-corrected chi connectivity index (χ0v) is 11.8. The Morgan fingerprint density at radius 3 is 2.95 bits per heavy atom. The minimum Gasteiger partial charge on any atom is -0.493 e. The second-order valence-electron chi connectivity index (χ2n) is 4.78. The van der Waals surface area contributed by atoms with E-state index in [0.717, 1.165) is 43.1 Å². The van der Waals surface area contributed by atoms with Gasteiger partial charge in [-0.1, -0.05) is 12.1 Å². The largest absolute Gasteiger partial charge is 0.493 e. The molecule has 106 valence electrons. The summed E-state index contributed by atoms with van der Waals surface area (Å²) >= 11 is 0. The van der Waals surface area contributed by atoms with Crippen LogP contribution in [0.5, 0.6) is 11.5 Å². The van der Waals surface area contributed by atoms with Crippen LogP contribution in [0, 0.1) is 0 Å². The number of ether oxygens (including phenoxy) is 3. The molecule has 0 aromatic heterocycles. The summed E-state index contributed by atoms with van der Waals surface area (Å²) in [4.78, 5) is 0. The smallest absolute Gasteiger partial charge is 0.165 e. The van der Waals surface area contributed by atoms with Crippen molar-refractivity contribution in [2.45, 2.75) is 31.9 Å². The van der Waals surface area contributed by atoms with Gasteiger partial charge in [0.25, 0.3) is 0 Å². The SMILES string of the molecule is CNCc1cccc(OC)c1OCC1CCCCO1. The molecule has 4 heteroatoms. The number of hydrogen-bond donors (Lipinski definition) is 1. The minimum absolute atomic E-state index is 0.209. The van der Waals surface area contributed by atoms with Gasteiger partial charge in [0.2, 0.25) is 0 Å². The number of para-hydroxylation sites is 1. The van der Waals surface area contributed by atoms with Crippen LogP contribution in [-0.4, -0.2) is 33.5 Å². The summed E-state index contributed by atoms with van der Waals surface area (Å²) in [5.41, 5.74) is 1.11. The van der Waals surface area contributed by atoms with Gasteiger partial charge in [0.05, 0.1) is 13.2 Å². The van der Waals surface area contributed by atoms with Crippen LogP contribution in [0.4, 0.5) is 0 Å². The number of methoxy groups -OCH3 is 1. The van der Waals surface area contributed by atoms with Gasteiger partial charge in [0, 0.05) is 18.7 Å². The van der Waals surface area contributed by atoms with Crippen molar-refractivity contribution in [3.63, 3.8) is 0 Å². The molecule has 2 rings (SSSR count). The van der Waals surface area contributed by atoms with Gasteiger partial charge in [0.15, 0.2) is 11.5 Å². The molecule has 1 unspecified atom stereocenters. The van der Waals surface area contributed by atoms with E-state index in [0.29, 0.717) is 6.61 Å². The van der Waals surface area contributed by atoms with Gasteiger partial charge in [-0.15, -0.1) is 0 Å². The molecular formula is C15H23NO3. The second-order valence-corrected chi connectivity index (χ2v) is 4.78. The van der Waals surface area contributed by atoms with E-state index in [1.807, 2.05) is 19.2 Å². The number of nitrogens with one attached hydrogen (secondary N) is 1. The summed E-state index contributed by atoms with van der Waals surface area (Å²) in [6.07, 6.45) is 3.68. The third-order valence-electron chi connectivity index (χ3n) is 3.34. The Morgan fingerprint density at radius 2 is 2.26 bits per heavy atom. The predicted molar refractivity (Wildman–Crippen MR) is 74.8 cm³/mol. The minimum atomic E-state index is 0.209. The van der Waals surface area contributed by atoms with Crippen molar-refractivity contribution in [2.75, 3.05) is 27.4 Å². The Morgan fingerprint density at radius 1 is 1.37 bits per heavy atom. The molecule has 1 heterocycles. The highest BCUT2D eigenvalue weighted by Gasteiger charge is 2.17. The zero-order chi connectivity index (χ0) is 13.5. The lowest BCUT2D eigenvalue weighted by Crippen LogP contribution is -2.26. The summed E-state index contributed by atoms with van der Waals surface area (Å²) in [5, 5.41) is 3.15. The van der Waals surface area contributed by atoms with Crippen LogP contribution in [-0.2, 0) is 11.3 Å². The quantitative estimate of drug-likeness (QED) is 0.857. The number of hydrogen-bond acceptors (Lipinski definition) is 4. The van der Waals surface area contributed by atoms with E-state index in [1.165, 1.54) is 6.42 Å². The first kappa shape index (κ1) is 14.2. The molecular weight excluding hydrogens is 242 g/mol. The van der Waals surface area contributed by atoms with E-state index in [1.54, 1.807) is 7.11 Å². The van der Waals surface area contributed by atoms with Crippen LogP contribution in [0.2, 0.25) is 0 Å². The summed E-state index contributed by atoms with van der Waals surface area (Å²) in [6, 6.07) is 5.96. The Bertz CT molecular complexity index is 389. The Labute approximate surface area is 115 Å².